The Hall–Kier alpha value is -3.01. The minimum Gasteiger partial charge on any atom is -0.386 e. The largest absolute Gasteiger partial charge is 0.475 e. The van der Waals surface area contributed by atoms with Crippen molar-refractivity contribution in [3.63, 3.8) is 0 Å². The van der Waals surface area contributed by atoms with Gasteiger partial charge in [-0.25, -0.2) is 29.1 Å². The van der Waals surface area contributed by atoms with Crippen molar-refractivity contribution in [1.82, 2.24) is 39.0 Å². The van der Waals surface area contributed by atoms with Crippen LogP contribution in [0.1, 0.15) is 25.3 Å². The molecule has 0 amide bonds. The average molecular weight is 691 g/mol. The average Bonchev–Trinajstić information content (AvgIpc) is 3.77. The Morgan fingerprint density at radius 1 is 1.07 bits per heavy atom. The smallest absolute Gasteiger partial charge is 0.386 e. The fraction of sp³-hybridized carbons (Fsp3) is 0.524. The van der Waals surface area contributed by atoms with E-state index >= 15 is 0 Å². The highest BCUT2D eigenvalue weighted by Crippen LogP contribution is 2.54. The molecule has 6 heterocycles. The highest BCUT2D eigenvalue weighted by molar-refractivity contribution is 8.44. The Kier molecular flexibility index (Phi) is 8.74. The lowest BCUT2D eigenvalue weighted by molar-refractivity contribution is -0.0492. The van der Waals surface area contributed by atoms with Crippen LogP contribution in [0.5, 0.6) is 0 Å². The first-order valence-electron chi connectivity index (χ1n) is 13.2. The van der Waals surface area contributed by atoms with E-state index in [2.05, 4.69) is 42.2 Å². The molecule has 45 heavy (non-hydrogen) atoms. The van der Waals surface area contributed by atoms with Gasteiger partial charge in [-0.3, -0.25) is 37.0 Å². The predicted octanol–water partition coefficient (Wildman–Crippen LogP) is 0.263. The lowest BCUT2D eigenvalue weighted by Crippen LogP contribution is -2.36. The number of anilines is 2. The molecule has 21 nitrogen and oxygen atoms in total. The monoisotopic (exact) mass is 690 g/mol. The normalized spacial score (nSPS) is 28.1. The number of phosphoric acid groups is 1. The quantitative estimate of drug-likeness (QED) is 0.0908. The van der Waals surface area contributed by atoms with Gasteiger partial charge < -0.3 is 30.9 Å². The van der Waals surface area contributed by atoms with Crippen LogP contribution >= 0.6 is 26.9 Å². The van der Waals surface area contributed by atoms with Crippen LogP contribution in [0.3, 0.4) is 0 Å². The molecule has 24 heteroatoms. The highest BCUT2D eigenvalue weighted by atomic mass is 32.7. The first kappa shape index (κ1) is 32.0. The lowest BCUT2D eigenvalue weighted by Gasteiger charge is -2.25. The summed E-state index contributed by atoms with van der Waals surface area (Å²) in [5.41, 5.74) is 11.8. The third-order valence-electron chi connectivity index (χ3n) is 7.12. The van der Waals surface area contributed by atoms with Crippen LogP contribution in [0, 0.1) is 0 Å². The van der Waals surface area contributed by atoms with Crippen molar-refractivity contribution >= 4 is 61.0 Å². The van der Waals surface area contributed by atoms with E-state index in [1.807, 2.05) is 0 Å². The van der Waals surface area contributed by atoms with Gasteiger partial charge in [-0.2, -0.15) is 4.98 Å². The SMILES string of the molecule is COP(=O)(OCC1CC[C@H](n2cnc3c(=O)[nH]c(N)nc32)O1)O[C@H]1[C@@H](O)[C@H](n2cnc3c(N)ncnc32)O[C@@H]1COP(=O)(O)S. The number of hydrogen-bond donors (Lipinski definition) is 6. The summed E-state index contributed by atoms with van der Waals surface area (Å²) >= 11 is 3.50. The van der Waals surface area contributed by atoms with Gasteiger partial charge in [0.1, 0.15) is 36.4 Å². The van der Waals surface area contributed by atoms with Crippen molar-refractivity contribution in [3.05, 3.63) is 29.3 Å². The van der Waals surface area contributed by atoms with Crippen molar-refractivity contribution in [3.8, 4) is 0 Å². The molecule has 2 aliphatic rings. The zero-order chi connectivity index (χ0) is 32.1. The van der Waals surface area contributed by atoms with Gasteiger partial charge in [-0.1, -0.05) is 12.2 Å². The van der Waals surface area contributed by atoms with E-state index in [-0.39, 0.29) is 40.7 Å². The van der Waals surface area contributed by atoms with Crippen molar-refractivity contribution in [1.29, 1.82) is 0 Å². The van der Waals surface area contributed by atoms with Gasteiger partial charge in [0, 0.05) is 7.11 Å². The van der Waals surface area contributed by atoms with Gasteiger partial charge in [0.05, 0.1) is 32.0 Å². The molecule has 7 N–H and O–H groups in total. The molecule has 244 valence electrons. The number of aliphatic hydroxyl groups is 1. The van der Waals surface area contributed by atoms with Crippen LogP contribution in [0.2, 0.25) is 0 Å². The number of aliphatic hydroxyl groups excluding tert-OH is 1. The number of aromatic amines is 1. The van der Waals surface area contributed by atoms with Crippen LogP contribution in [-0.4, -0.2) is 93.8 Å². The van der Waals surface area contributed by atoms with E-state index in [0.717, 1.165) is 7.11 Å². The van der Waals surface area contributed by atoms with E-state index in [4.69, 9.17) is 39.0 Å². The molecule has 0 saturated carbocycles. The number of aromatic nitrogens is 8. The Morgan fingerprint density at radius 3 is 2.58 bits per heavy atom. The number of hydrogen-bond acceptors (Lipinski definition) is 17. The van der Waals surface area contributed by atoms with E-state index in [9.17, 15) is 23.9 Å². The van der Waals surface area contributed by atoms with Gasteiger partial charge >= 0.3 is 14.6 Å². The van der Waals surface area contributed by atoms with E-state index < -0.39 is 63.7 Å². The maximum Gasteiger partial charge on any atom is 0.475 e. The number of imidazole rings is 2. The number of nitrogens with zero attached hydrogens (tertiary/aromatic N) is 7. The molecule has 0 bridgehead atoms. The van der Waals surface area contributed by atoms with Crippen LogP contribution in [0.15, 0.2) is 23.8 Å². The van der Waals surface area contributed by atoms with Crippen LogP contribution in [-0.2, 0) is 36.7 Å². The molecule has 0 aliphatic carbocycles. The number of nitrogens with two attached hydrogens (primary N) is 2. The van der Waals surface area contributed by atoms with Gasteiger partial charge in [0.15, 0.2) is 28.9 Å². The Labute approximate surface area is 257 Å². The minimum atomic E-state index is -4.42. The fourth-order valence-electron chi connectivity index (χ4n) is 5.06. The second-order valence-corrected chi connectivity index (χ2v) is 14.5. The van der Waals surface area contributed by atoms with E-state index in [1.54, 1.807) is 4.57 Å². The standard InChI is InChI=1S/C21H28N10O11P2S/c1-37-44(36,39-4-9-2-3-11(40-9)30-7-27-13-18(30)28-21(23)29-19(13)33)42-15-10(5-38-43(34,35)45)41-20(14(15)32)31-8-26-12-16(22)24-6-25-17(12)31/h6-11,14-15,20,32H,2-5H2,1H3,(H2,22,24,25)(H2,34,35,45)(H3,23,28,29,33)/t9?,10-,11-,14-,15-,20-,44?/m1/s1. The lowest BCUT2D eigenvalue weighted by atomic mass is 10.1. The zero-order valence-electron chi connectivity index (χ0n) is 23.2. The Bertz CT molecular complexity index is 1870. The molecule has 0 aromatic carbocycles. The van der Waals surface area contributed by atoms with Crippen LogP contribution < -0.4 is 17.0 Å². The number of H-pyrrole nitrogens is 1. The summed E-state index contributed by atoms with van der Waals surface area (Å²) in [5.74, 6) is 0.00304. The number of phosphoric ester groups is 1. The summed E-state index contributed by atoms with van der Waals surface area (Å²) < 4.78 is 61.4. The number of rotatable bonds is 11. The molecule has 4 aromatic rings. The Morgan fingerprint density at radius 2 is 1.82 bits per heavy atom. The third-order valence-corrected chi connectivity index (χ3v) is 9.36. The summed E-state index contributed by atoms with van der Waals surface area (Å²) in [6.45, 7) is -5.15. The number of thiol groups is 1. The van der Waals surface area contributed by atoms with Gasteiger partial charge in [-0.05, 0) is 12.8 Å². The topological polar surface area (TPSA) is 289 Å². The molecule has 0 spiro atoms. The van der Waals surface area contributed by atoms with Crippen molar-refractivity contribution in [2.45, 2.75) is 49.7 Å². The second-order valence-electron chi connectivity index (χ2n) is 9.99. The molecule has 3 unspecified atom stereocenters. The minimum absolute atomic E-state index is 0.0795. The van der Waals surface area contributed by atoms with Gasteiger partial charge in [-0.15, -0.1) is 0 Å². The third kappa shape index (κ3) is 6.49. The van der Waals surface area contributed by atoms with Crippen molar-refractivity contribution in [2.75, 3.05) is 31.8 Å². The van der Waals surface area contributed by atoms with Crippen LogP contribution in [0.4, 0.5) is 11.8 Å². The summed E-state index contributed by atoms with van der Waals surface area (Å²) in [6.07, 6.45) is -1.91. The molecule has 8 atom stereocenters. The number of nitrogens with one attached hydrogen (secondary N) is 1. The number of ether oxygens (including phenoxy) is 2. The molecule has 2 aliphatic heterocycles. The molecule has 4 aromatic heterocycles. The van der Waals surface area contributed by atoms with E-state index in [1.165, 1.54) is 23.5 Å². The molecule has 2 fully saturated rings. The number of nitrogen functional groups attached to an aromatic ring is 2. The van der Waals surface area contributed by atoms with E-state index in [0.29, 0.717) is 12.8 Å². The first-order chi connectivity index (χ1) is 21.4. The maximum atomic E-state index is 13.6. The first-order valence-corrected chi connectivity index (χ1v) is 17.4. The van der Waals surface area contributed by atoms with Crippen LogP contribution in [0.25, 0.3) is 22.3 Å². The molecule has 0 radical (unpaired) electrons. The second kappa shape index (κ2) is 12.3. The Balaban J connectivity index is 1.16. The van der Waals surface area contributed by atoms with Gasteiger partial charge in [0.2, 0.25) is 5.95 Å². The molecular formula is C21H28N10O11P2S. The van der Waals surface area contributed by atoms with Crippen molar-refractivity contribution < 1.29 is 46.7 Å². The van der Waals surface area contributed by atoms with Crippen molar-refractivity contribution in [2.24, 2.45) is 0 Å². The summed E-state index contributed by atoms with van der Waals surface area (Å²) in [6, 6.07) is 0. The molecule has 6 rings (SSSR count). The molecular weight excluding hydrogens is 662 g/mol. The number of fused-ring (bicyclic) bond motifs is 2. The summed E-state index contributed by atoms with van der Waals surface area (Å²) in [7, 11) is -3.34. The fourth-order valence-corrected chi connectivity index (χ4v) is 6.76. The zero-order valence-corrected chi connectivity index (χ0v) is 25.9. The highest BCUT2D eigenvalue weighted by Gasteiger charge is 2.50. The maximum absolute atomic E-state index is 13.6. The van der Waals surface area contributed by atoms with Gasteiger partial charge in [0.25, 0.3) is 5.56 Å². The summed E-state index contributed by atoms with van der Waals surface area (Å²) in [5, 5.41) is 11.3. The molecule has 2 saturated heterocycles. The summed E-state index contributed by atoms with van der Waals surface area (Å²) in [4.78, 5) is 44.4. The predicted molar refractivity (Wildman–Crippen MR) is 156 cm³/mol.